The van der Waals surface area contributed by atoms with Crippen molar-refractivity contribution in [3.8, 4) is 0 Å². The number of anilines is 1. The standard InChI is InChI=1S/C22H18ClFN2O3S/c23-19-7-3-1-6-16(19)14-25-22(27)18-13-17(9-10-20(18)24)30(28,29)26-12-11-15-5-2-4-8-21(15)26/h1-10,13H,11-12,14H2,(H,25,27). The molecular formula is C22H18ClFN2O3S. The van der Waals surface area contributed by atoms with Gasteiger partial charge in [0.1, 0.15) is 5.82 Å². The molecule has 5 nitrogen and oxygen atoms in total. The molecule has 0 aliphatic carbocycles. The Hall–Kier alpha value is -2.90. The second-order valence-corrected chi connectivity index (χ2v) is 9.14. The number of carbonyl (C=O) groups is 1. The first-order valence-electron chi connectivity index (χ1n) is 9.30. The predicted octanol–water partition coefficient (Wildman–Crippen LogP) is 4.16. The summed E-state index contributed by atoms with van der Waals surface area (Å²) in [5.74, 6) is -1.52. The van der Waals surface area contributed by atoms with Crippen LogP contribution in [-0.4, -0.2) is 20.9 Å². The minimum atomic E-state index is -3.93. The summed E-state index contributed by atoms with van der Waals surface area (Å²) in [6.45, 7) is 0.390. The van der Waals surface area contributed by atoms with Crippen molar-refractivity contribution in [3.63, 3.8) is 0 Å². The highest BCUT2D eigenvalue weighted by molar-refractivity contribution is 7.92. The third kappa shape index (κ3) is 3.78. The molecule has 4 rings (SSSR count). The Balaban J connectivity index is 1.60. The van der Waals surface area contributed by atoms with E-state index in [-0.39, 0.29) is 17.0 Å². The summed E-state index contributed by atoms with van der Waals surface area (Å²) < 4.78 is 42.0. The van der Waals surface area contributed by atoms with Crippen LogP contribution in [0.2, 0.25) is 5.02 Å². The zero-order valence-electron chi connectivity index (χ0n) is 15.8. The smallest absolute Gasteiger partial charge is 0.264 e. The van der Waals surface area contributed by atoms with Gasteiger partial charge in [-0.2, -0.15) is 0 Å². The molecule has 0 bridgehead atoms. The largest absolute Gasteiger partial charge is 0.348 e. The molecule has 8 heteroatoms. The Morgan fingerprint density at radius 1 is 1.07 bits per heavy atom. The second-order valence-electron chi connectivity index (χ2n) is 6.87. The van der Waals surface area contributed by atoms with Crippen molar-refractivity contribution in [2.75, 3.05) is 10.8 Å². The van der Waals surface area contributed by atoms with E-state index in [9.17, 15) is 17.6 Å². The van der Waals surface area contributed by atoms with Gasteiger partial charge in [0, 0.05) is 18.1 Å². The second kappa shape index (κ2) is 8.08. The van der Waals surface area contributed by atoms with Gasteiger partial charge in [0.05, 0.1) is 16.1 Å². The molecule has 0 spiro atoms. The fourth-order valence-corrected chi connectivity index (χ4v) is 5.17. The quantitative estimate of drug-likeness (QED) is 0.642. The van der Waals surface area contributed by atoms with Crippen LogP contribution in [0.5, 0.6) is 0 Å². The van der Waals surface area contributed by atoms with Crippen LogP contribution < -0.4 is 9.62 Å². The van der Waals surface area contributed by atoms with E-state index < -0.39 is 21.7 Å². The lowest BCUT2D eigenvalue weighted by Gasteiger charge is -2.20. The van der Waals surface area contributed by atoms with Gasteiger partial charge in [-0.05, 0) is 47.9 Å². The van der Waals surface area contributed by atoms with Crippen LogP contribution in [0.15, 0.2) is 71.6 Å². The Kier molecular flexibility index (Phi) is 5.49. The molecule has 1 aliphatic heterocycles. The molecule has 3 aromatic carbocycles. The first-order chi connectivity index (χ1) is 14.4. The topological polar surface area (TPSA) is 66.5 Å². The lowest BCUT2D eigenvalue weighted by atomic mass is 10.2. The number of hydrogen-bond donors (Lipinski definition) is 1. The van der Waals surface area contributed by atoms with Gasteiger partial charge in [-0.25, -0.2) is 12.8 Å². The summed E-state index contributed by atoms with van der Waals surface area (Å²) in [5, 5.41) is 3.06. The van der Waals surface area contributed by atoms with Gasteiger partial charge in [0.15, 0.2) is 0 Å². The molecule has 1 heterocycles. The Morgan fingerprint density at radius 2 is 1.80 bits per heavy atom. The summed E-state index contributed by atoms with van der Waals surface area (Å²) in [6.07, 6.45) is 0.599. The van der Waals surface area contributed by atoms with E-state index in [2.05, 4.69) is 5.32 Å². The predicted molar refractivity (Wildman–Crippen MR) is 114 cm³/mol. The highest BCUT2D eigenvalue weighted by atomic mass is 35.5. The van der Waals surface area contributed by atoms with Gasteiger partial charge < -0.3 is 5.32 Å². The van der Waals surface area contributed by atoms with E-state index in [0.717, 1.165) is 17.7 Å². The molecule has 0 aromatic heterocycles. The van der Waals surface area contributed by atoms with Crippen molar-refractivity contribution in [1.29, 1.82) is 0 Å². The zero-order chi connectivity index (χ0) is 21.3. The molecule has 1 aliphatic rings. The van der Waals surface area contributed by atoms with Crippen LogP contribution in [0, 0.1) is 5.82 Å². The van der Waals surface area contributed by atoms with E-state index in [0.29, 0.717) is 29.2 Å². The lowest BCUT2D eigenvalue weighted by molar-refractivity contribution is 0.0946. The van der Waals surface area contributed by atoms with Gasteiger partial charge in [-0.3, -0.25) is 9.10 Å². The Morgan fingerprint density at radius 3 is 2.60 bits per heavy atom. The number of benzene rings is 3. The molecule has 0 fully saturated rings. The van der Waals surface area contributed by atoms with Gasteiger partial charge in [0.25, 0.3) is 15.9 Å². The van der Waals surface area contributed by atoms with E-state index in [1.165, 1.54) is 10.4 Å². The molecule has 1 N–H and O–H groups in total. The number of nitrogens with one attached hydrogen (secondary N) is 1. The lowest BCUT2D eigenvalue weighted by Crippen LogP contribution is -2.30. The molecular weight excluding hydrogens is 427 g/mol. The summed E-state index contributed by atoms with van der Waals surface area (Å²) in [7, 11) is -3.93. The molecule has 3 aromatic rings. The number of halogens is 2. The maximum atomic E-state index is 14.3. The molecule has 0 saturated heterocycles. The monoisotopic (exact) mass is 444 g/mol. The van der Waals surface area contributed by atoms with Crippen LogP contribution in [-0.2, 0) is 23.0 Å². The van der Waals surface area contributed by atoms with E-state index >= 15 is 0 Å². The van der Waals surface area contributed by atoms with Crippen molar-refractivity contribution in [3.05, 3.63) is 94.3 Å². The Labute approximate surface area is 179 Å². The van der Waals surface area contributed by atoms with Crippen LogP contribution in [0.3, 0.4) is 0 Å². The van der Waals surface area contributed by atoms with E-state index in [1.54, 1.807) is 36.4 Å². The third-order valence-electron chi connectivity index (χ3n) is 5.01. The van der Waals surface area contributed by atoms with Crippen LogP contribution in [0.25, 0.3) is 0 Å². The number of sulfonamides is 1. The first kappa shape index (κ1) is 20.4. The van der Waals surface area contributed by atoms with Crippen LogP contribution in [0.1, 0.15) is 21.5 Å². The first-order valence-corrected chi connectivity index (χ1v) is 11.1. The Bertz CT molecular complexity index is 1230. The van der Waals surface area contributed by atoms with Crippen molar-refractivity contribution >= 4 is 33.2 Å². The van der Waals surface area contributed by atoms with Crippen LogP contribution >= 0.6 is 11.6 Å². The average molecular weight is 445 g/mol. The molecule has 0 unspecified atom stereocenters. The number of carbonyl (C=O) groups excluding carboxylic acids is 1. The summed E-state index contributed by atoms with van der Waals surface area (Å²) >= 11 is 6.07. The normalized spacial score (nSPS) is 13.2. The number of amides is 1. The minimum Gasteiger partial charge on any atom is -0.348 e. The van der Waals surface area contributed by atoms with E-state index in [1.807, 2.05) is 12.1 Å². The molecule has 1 amide bonds. The maximum Gasteiger partial charge on any atom is 0.264 e. The minimum absolute atomic E-state index is 0.0917. The molecule has 0 radical (unpaired) electrons. The highest BCUT2D eigenvalue weighted by Gasteiger charge is 2.31. The highest BCUT2D eigenvalue weighted by Crippen LogP contribution is 2.33. The van der Waals surface area contributed by atoms with Crippen molar-refractivity contribution in [2.24, 2.45) is 0 Å². The third-order valence-corrected chi connectivity index (χ3v) is 7.19. The summed E-state index contributed by atoms with van der Waals surface area (Å²) in [6, 6.07) is 17.5. The van der Waals surface area contributed by atoms with Gasteiger partial charge in [0.2, 0.25) is 0 Å². The van der Waals surface area contributed by atoms with Gasteiger partial charge in [-0.15, -0.1) is 0 Å². The number of rotatable bonds is 5. The fraction of sp³-hybridized carbons (Fsp3) is 0.136. The van der Waals surface area contributed by atoms with Gasteiger partial charge in [-0.1, -0.05) is 48.0 Å². The fourth-order valence-electron chi connectivity index (χ4n) is 3.44. The number of nitrogens with zero attached hydrogens (tertiary/aromatic N) is 1. The summed E-state index contributed by atoms with van der Waals surface area (Å²) in [4.78, 5) is 12.4. The van der Waals surface area contributed by atoms with Crippen molar-refractivity contribution < 1.29 is 17.6 Å². The van der Waals surface area contributed by atoms with E-state index in [4.69, 9.17) is 11.6 Å². The SMILES string of the molecule is O=C(NCc1ccccc1Cl)c1cc(S(=O)(=O)N2CCc3ccccc32)ccc1F. The van der Waals surface area contributed by atoms with Crippen LogP contribution in [0.4, 0.5) is 10.1 Å². The number of hydrogen-bond acceptors (Lipinski definition) is 3. The molecule has 0 atom stereocenters. The molecule has 0 saturated carbocycles. The van der Waals surface area contributed by atoms with Crippen molar-refractivity contribution in [1.82, 2.24) is 5.32 Å². The molecule has 154 valence electrons. The number of para-hydroxylation sites is 1. The average Bonchev–Trinajstić information content (AvgIpc) is 3.18. The molecule has 30 heavy (non-hydrogen) atoms. The summed E-state index contributed by atoms with van der Waals surface area (Å²) in [5.41, 5.74) is 1.87. The van der Waals surface area contributed by atoms with Crippen molar-refractivity contribution in [2.45, 2.75) is 17.9 Å². The number of fused-ring (bicyclic) bond motifs is 1. The zero-order valence-corrected chi connectivity index (χ0v) is 17.4. The van der Waals surface area contributed by atoms with Gasteiger partial charge >= 0.3 is 0 Å². The maximum absolute atomic E-state index is 14.3.